The van der Waals surface area contributed by atoms with Gasteiger partial charge in [0, 0.05) is 6.54 Å². The van der Waals surface area contributed by atoms with Crippen molar-refractivity contribution < 1.29 is 0 Å². The van der Waals surface area contributed by atoms with Crippen molar-refractivity contribution in [1.29, 1.82) is 0 Å². The molecule has 0 bridgehead atoms. The van der Waals surface area contributed by atoms with Gasteiger partial charge in [0.05, 0.1) is 0 Å². The van der Waals surface area contributed by atoms with Crippen LogP contribution in [-0.2, 0) is 0 Å². The lowest BCUT2D eigenvalue weighted by Gasteiger charge is -2.30. The lowest BCUT2D eigenvalue weighted by molar-refractivity contribution is 0.283. The van der Waals surface area contributed by atoms with Gasteiger partial charge in [-0.3, -0.25) is 4.90 Å². The number of halogens is 2. The van der Waals surface area contributed by atoms with Crippen LogP contribution in [0.3, 0.4) is 0 Å². The summed E-state index contributed by atoms with van der Waals surface area (Å²) in [7, 11) is 8.13. The molecule has 0 aromatic carbocycles. The zero-order valence-corrected chi connectivity index (χ0v) is 10.0. The molecule has 0 saturated carbocycles. The molecule has 0 aromatic heterocycles. The molecular weight excluding hydrogens is 260 g/mol. The zero-order valence-electron chi connectivity index (χ0n) is 6.86. The molecule has 0 aliphatic heterocycles. The molecule has 0 unspecified atom stereocenters. The quantitative estimate of drug-likeness (QED) is 0.569. The standard InChI is InChI=1S/C6H14Br2N2/c1-9(2)5-6(7,8)10(3)4/h5H2,1-4H3. The number of rotatable bonds is 3. The molecule has 0 fully saturated rings. The van der Waals surface area contributed by atoms with Crippen LogP contribution in [0.1, 0.15) is 0 Å². The van der Waals surface area contributed by atoms with Gasteiger partial charge in [-0.05, 0) is 28.2 Å². The SMILES string of the molecule is CN(C)CC(Br)(Br)N(C)C. The Morgan fingerprint density at radius 1 is 1.10 bits per heavy atom. The summed E-state index contributed by atoms with van der Waals surface area (Å²) in [4.78, 5) is 4.19. The van der Waals surface area contributed by atoms with Gasteiger partial charge in [-0.25, -0.2) is 0 Å². The van der Waals surface area contributed by atoms with Crippen LogP contribution in [0.5, 0.6) is 0 Å². The molecule has 2 nitrogen and oxygen atoms in total. The predicted octanol–water partition coefficient (Wildman–Crippen LogP) is 1.55. The van der Waals surface area contributed by atoms with Gasteiger partial charge in [-0.1, -0.05) is 31.9 Å². The molecular formula is C6H14Br2N2. The fourth-order valence-electron chi connectivity index (χ4n) is 0.522. The maximum absolute atomic E-state index is 3.55. The van der Waals surface area contributed by atoms with Crippen LogP contribution in [0.2, 0.25) is 0 Å². The summed E-state index contributed by atoms with van der Waals surface area (Å²) in [6.07, 6.45) is 0. The number of alkyl halides is 2. The topological polar surface area (TPSA) is 6.48 Å². The Bertz CT molecular complexity index is 102. The zero-order chi connectivity index (χ0) is 8.36. The first-order chi connectivity index (χ1) is 4.36. The second kappa shape index (κ2) is 4.04. The second-order valence-electron chi connectivity index (χ2n) is 2.80. The van der Waals surface area contributed by atoms with E-state index in [1.807, 2.05) is 28.2 Å². The van der Waals surface area contributed by atoms with Gasteiger partial charge < -0.3 is 4.90 Å². The van der Waals surface area contributed by atoms with Gasteiger partial charge in [0.1, 0.15) is 3.36 Å². The van der Waals surface area contributed by atoms with Gasteiger partial charge in [0.15, 0.2) is 0 Å². The minimum Gasteiger partial charge on any atom is -0.306 e. The van der Waals surface area contributed by atoms with Crippen molar-refractivity contribution in [3.05, 3.63) is 0 Å². The highest BCUT2D eigenvalue weighted by Gasteiger charge is 2.25. The summed E-state index contributed by atoms with van der Waals surface area (Å²) in [5, 5.41) is 0. The molecule has 0 heterocycles. The lowest BCUT2D eigenvalue weighted by atomic mass is 10.5. The smallest absolute Gasteiger partial charge is 0.145 e. The van der Waals surface area contributed by atoms with Crippen molar-refractivity contribution in [2.75, 3.05) is 34.7 Å². The van der Waals surface area contributed by atoms with Crippen molar-refractivity contribution >= 4 is 31.9 Å². The Morgan fingerprint density at radius 3 is 1.60 bits per heavy atom. The van der Waals surface area contributed by atoms with E-state index in [1.54, 1.807) is 0 Å². The molecule has 0 atom stereocenters. The molecule has 0 spiro atoms. The van der Waals surface area contributed by atoms with Crippen molar-refractivity contribution in [2.24, 2.45) is 0 Å². The van der Waals surface area contributed by atoms with Gasteiger partial charge in [-0.15, -0.1) is 0 Å². The van der Waals surface area contributed by atoms with E-state index in [4.69, 9.17) is 0 Å². The predicted molar refractivity (Wildman–Crippen MR) is 52.8 cm³/mol. The maximum atomic E-state index is 3.55. The van der Waals surface area contributed by atoms with E-state index in [0.717, 1.165) is 6.54 Å². The van der Waals surface area contributed by atoms with E-state index < -0.39 is 0 Å². The van der Waals surface area contributed by atoms with Crippen LogP contribution >= 0.6 is 31.9 Å². The summed E-state index contributed by atoms with van der Waals surface area (Å²) in [6.45, 7) is 0.931. The molecule has 0 rings (SSSR count). The van der Waals surface area contributed by atoms with Gasteiger partial charge >= 0.3 is 0 Å². The normalized spacial score (nSPS) is 13.2. The number of likely N-dealkylation sites (N-methyl/N-ethyl adjacent to an activating group) is 2. The maximum Gasteiger partial charge on any atom is 0.145 e. The first-order valence-corrected chi connectivity index (χ1v) is 4.65. The third kappa shape index (κ3) is 3.91. The first kappa shape index (κ1) is 10.9. The molecule has 0 N–H and O–H groups in total. The third-order valence-corrected chi connectivity index (χ3v) is 3.08. The largest absolute Gasteiger partial charge is 0.306 e. The number of hydrogen-bond donors (Lipinski definition) is 0. The highest BCUT2D eigenvalue weighted by atomic mass is 79.9. The highest BCUT2D eigenvalue weighted by molar-refractivity contribution is 9.25. The molecule has 0 aliphatic carbocycles. The van der Waals surface area contributed by atoms with E-state index in [2.05, 4.69) is 41.7 Å². The Morgan fingerprint density at radius 2 is 1.50 bits per heavy atom. The third-order valence-electron chi connectivity index (χ3n) is 1.16. The van der Waals surface area contributed by atoms with Crippen molar-refractivity contribution in [1.82, 2.24) is 9.80 Å². The molecule has 0 aromatic rings. The number of hydrogen-bond acceptors (Lipinski definition) is 2. The molecule has 10 heavy (non-hydrogen) atoms. The first-order valence-electron chi connectivity index (χ1n) is 3.06. The second-order valence-corrected chi connectivity index (χ2v) is 6.49. The minimum absolute atomic E-state index is 0.0937. The van der Waals surface area contributed by atoms with E-state index in [-0.39, 0.29) is 3.36 Å². The van der Waals surface area contributed by atoms with E-state index in [9.17, 15) is 0 Å². The molecule has 62 valence electrons. The number of nitrogens with zero attached hydrogens (tertiary/aromatic N) is 2. The van der Waals surface area contributed by atoms with E-state index in [0.29, 0.717) is 0 Å². The molecule has 0 radical (unpaired) electrons. The average molecular weight is 274 g/mol. The van der Waals surface area contributed by atoms with Gasteiger partial charge in [0.2, 0.25) is 0 Å². The van der Waals surface area contributed by atoms with E-state index in [1.165, 1.54) is 0 Å². The van der Waals surface area contributed by atoms with Crippen molar-refractivity contribution in [3.8, 4) is 0 Å². The van der Waals surface area contributed by atoms with Gasteiger partial charge in [0.25, 0.3) is 0 Å². The summed E-state index contributed by atoms with van der Waals surface area (Å²) in [5.41, 5.74) is 0. The minimum atomic E-state index is -0.0937. The fraction of sp³-hybridized carbons (Fsp3) is 1.00. The van der Waals surface area contributed by atoms with Crippen LogP contribution in [0.15, 0.2) is 0 Å². The fourth-order valence-corrected chi connectivity index (χ4v) is 1.52. The van der Waals surface area contributed by atoms with Crippen LogP contribution in [0, 0.1) is 0 Å². The summed E-state index contributed by atoms with van der Waals surface area (Å²) < 4.78 is -0.0937. The van der Waals surface area contributed by atoms with Crippen molar-refractivity contribution in [3.63, 3.8) is 0 Å². The molecule has 0 aliphatic rings. The summed E-state index contributed by atoms with van der Waals surface area (Å²) in [6, 6.07) is 0. The Kier molecular flexibility index (Phi) is 4.40. The van der Waals surface area contributed by atoms with Crippen LogP contribution in [0.25, 0.3) is 0 Å². The van der Waals surface area contributed by atoms with Crippen LogP contribution in [0.4, 0.5) is 0 Å². The Hall–Kier alpha value is 0.880. The van der Waals surface area contributed by atoms with Gasteiger partial charge in [-0.2, -0.15) is 0 Å². The van der Waals surface area contributed by atoms with Crippen molar-refractivity contribution in [2.45, 2.75) is 3.36 Å². The van der Waals surface area contributed by atoms with Crippen LogP contribution in [-0.4, -0.2) is 47.9 Å². The summed E-state index contributed by atoms with van der Waals surface area (Å²) >= 11 is 7.10. The molecule has 0 amide bonds. The van der Waals surface area contributed by atoms with E-state index >= 15 is 0 Å². The monoisotopic (exact) mass is 272 g/mol. The Balaban J connectivity index is 3.87. The Labute approximate surface area is 79.8 Å². The average Bonchev–Trinajstić information content (AvgIpc) is 1.60. The highest BCUT2D eigenvalue weighted by Crippen LogP contribution is 2.28. The molecule has 0 saturated heterocycles. The summed E-state index contributed by atoms with van der Waals surface area (Å²) in [5.74, 6) is 0. The van der Waals surface area contributed by atoms with Crippen LogP contribution < -0.4 is 0 Å². The lowest BCUT2D eigenvalue weighted by Crippen LogP contribution is -2.40. The molecule has 4 heteroatoms.